The first-order valence-electron chi connectivity index (χ1n) is 9.14. The third kappa shape index (κ3) is 2.18. The van der Waals surface area contributed by atoms with Gasteiger partial charge in [-0.05, 0) is 39.5 Å². The quantitative estimate of drug-likeness (QED) is 0.772. The zero-order valence-electron chi connectivity index (χ0n) is 14.9. The summed E-state index contributed by atoms with van der Waals surface area (Å²) < 4.78 is 13.1. The van der Waals surface area contributed by atoms with Gasteiger partial charge < -0.3 is 9.47 Å². The lowest BCUT2D eigenvalue weighted by Gasteiger charge is -2.59. The van der Waals surface area contributed by atoms with E-state index in [1.165, 1.54) is 17.9 Å². The van der Waals surface area contributed by atoms with Gasteiger partial charge in [0.1, 0.15) is 0 Å². The molecule has 127 valence electrons. The number of fused-ring (bicyclic) bond motifs is 1. The second kappa shape index (κ2) is 5.44. The first kappa shape index (κ1) is 16.7. The molecular formula is C18H32NO3. The molecule has 2 heterocycles. The van der Waals surface area contributed by atoms with E-state index in [-0.39, 0.29) is 18.1 Å². The van der Waals surface area contributed by atoms with Crippen molar-refractivity contribution in [3.63, 3.8) is 0 Å². The maximum atomic E-state index is 13.1. The van der Waals surface area contributed by atoms with Gasteiger partial charge in [-0.2, -0.15) is 0 Å². The SMILES string of the molecule is CCC1(C)CC2(OC3CCCCC3O2)C(C)C(C)(CC)N1[O]. The van der Waals surface area contributed by atoms with Crippen molar-refractivity contribution >= 4 is 0 Å². The van der Waals surface area contributed by atoms with Crippen LogP contribution in [0.25, 0.3) is 0 Å². The Morgan fingerprint density at radius 1 is 1.05 bits per heavy atom. The van der Waals surface area contributed by atoms with Crippen molar-refractivity contribution < 1.29 is 14.7 Å². The molecule has 5 atom stereocenters. The Morgan fingerprint density at radius 3 is 2.05 bits per heavy atom. The average Bonchev–Trinajstić information content (AvgIpc) is 2.90. The molecule has 0 N–H and O–H groups in total. The Kier molecular flexibility index (Phi) is 4.13. The van der Waals surface area contributed by atoms with Gasteiger partial charge in [0.25, 0.3) is 0 Å². The van der Waals surface area contributed by atoms with Crippen molar-refractivity contribution in [3.8, 4) is 0 Å². The predicted octanol–water partition coefficient (Wildman–Crippen LogP) is 4.07. The zero-order valence-corrected chi connectivity index (χ0v) is 14.9. The maximum absolute atomic E-state index is 13.1. The molecule has 3 aliphatic rings. The van der Waals surface area contributed by atoms with Crippen LogP contribution in [0.4, 0.5) is 0 Å². The van der Waals surface area contributed by atoms with Crippen LogP contribution in [0, 0.1) is 5.92 Å². The fraction of sp³-hybridized carbons (Fsp3) is 1.00. The number of ether oxygens (including phenoxy) is 2. The van der Waals surface area contributed by atoms with E-state index >= 15 is 0 Å². The Balaban J connectivity index is 1.97. The van der Waals surface area contributed by atoms with Gasteiger partial charge in [-0.1, -0.05) is 33.6 Å². The first-order chi connectivity index (χ1) is 10.3. The molecular weight excluding hydrogens is 278 g/mol. The van der Waals surface area contributed by atoms with E-state index in [1.807, 2.05) is 0 Å². The minimum absolute atomic E-state index is 0.0766. The summed E-state index contributed by atoms with van der Waals surface area (Å²) in [6, 6.07) is 0. The lowest BCUT2D eigenvalue weighted by molar-refractivity contribution is -0.375. The molecule has 0 aromatic carbocycles. The van der Waals surface area contributed by atoms with Gasteiger partial charge in [-0.15, -0.1) is 10.3 Å². The van der Waals surface area contributed by atoms with Crippen LogP contribution >= 0.6 is 0 Å². The molecule has 3 rings (SSSR count). The molecule has 1 spiro atoms. The second-order valence-corrected chi connectivity index (χ2v) is 8.16. The van der Waals surface area contributed by atoms with E-state index in [4.69, 9.17) is 9.47 Å². The minimum atomic E-state index is -0.573. The average molecular weight is 310 g/mol. The second-order valence-electron chi connectivity index (χ2n) is 8.16. The smallest absolute Gasteiger partial charge is 0.175 e. The van der Waals surface area contributed by atoms with Crippen LogP contribution in [-0.2, 0) is 14.7 Å². The van der Waals surface area contributed by atoms with Crippen LogP contribution in [0.5, 0.6) is 0 Å². The van der Waals surface area contributed by atoms with Gasteiger partial charge in [-0.3, -0.25) is 0 Å². The van der Waals surface area contributed by atoms with E-state index in [0.29, 0.717) is 6.42 Å². The molecule has 1 radical (unpaired) electrons. The number of piperidine rings is 1. The molecule has 2 saturated heterocycles. The van der Waals surface area contributed by atoms with Gasteiger partial charge in [0.15, 0.2) is 5.79 Å². The summed E-state index contributed by atoms with van der Waals surface area (Å²) in [6.07, 6.45) is 7.46. The van der Waals surface area contributed by atoms with Crippen LogP contribution in [0.15, 0.2) is 0 Å². The van der Waals surface area contributed by atoms with Crippen molar-refractivity contribution in [2.24, 2.45) is 5.92 Å². The maximum Gasteiger partial charge on any atom is 0.175 e. The molecule has 0 aromatic heterocycles. The van der Waals surface area contributed by atoms with Crippen LogP contribution in [0.3, 0.4) is 0 Å². The molecule has 4 nitrogen and oxygen atoms in total. The summed E-state index contributed by atoms with van der Waals surface area (Å²) in [5, 5.41) is 14.5. The number of hydrogen-bond acceptors (Lipinski definition) is 3. The third-order valence-corrected chi connectivity index (χ3v) is 7.00. The van der Waals surface area contributed by atoms with E-state index in [1.54, 1.807) is 0 Å². The summed E-state index contributed by atoms with van der Waals surface area (Å²) in [6.45, 7) is 10.5. The molecule has 3 fully saturated rings. The van der Waals surface area contributed by atoms with E-state index in [9.17, 15) is 5.21 Å². The summed E-state index contributed by atoms with van der Waals surface area (Å²) in [5.74, 6) is -0.497. The van der Waals surface area contributed by atoms with Crippen molar-refractivity contribution in [1.82, 2.24) is 5.06 Å². The number of hydrogen-bond donors (Lipinski definition) is 0. The number of nitrogens with zero attached hydrogens (tertiary/aromatic N) is 1. The van der Waals surface area contributed by atoms with E-state index in [0.717, 1.165) is 25.7 Å². The van der Waals surface area contributed by atoms with Gasteiger partial charge in [0.2, 0.25) is 0 Å². The van der Waals surface area contributed by atoms with Crippen molar-refractivity contribution in [2.45, 2.75) is 109 Å². The highest BCUT2D eigenvalue weighted by atomic mass is 16.8. The normalized spacial score (nSPS) is 52.9. The topological polar surface area (TPSA) is 41.6 Å². The summed E-state index contributed by atoms with van der Waals surface area (Å²) in [7, 11) is 0. The van der Waals surface area contributed by atoms with Gasteiger partial charge in [-0.25, -0.2) is 0 Å². The molecule has 5 unspecified atom stereocenters. The Bertz CT molecular complexity index is 415. The lowest BCUT2D eigenvalue weighted by Crippen LogP contribution is -2.70. The van der Waals surface area contributed by atoms with Gasteiger partial charge in [0, 0.05) is 12.3 Å². The minimum Gasteiger partial charge on any atom is -0.344 e. The molecule has 2 aliphatic heterocycles. The molecule has 0 bridgehead atoms. The van der Waals surface area contributed by atoms with Crippen molar-refractivity contribution in [2.75, 3.05) is 0 Å². The standard InChI is InChI=1S/C18H32NO3/c1-6-16(4)12-18(13(3)17(5,7-2)19(16)20)21-14-10-8-9-11-15(14)22-18/h13-15H,6-12H2,1-5H3. The predicted molar refractivity (Wildman–Crippen MR) is 84.6 cm³/mol. The summed E-state index contributed by atoms with van der Waals surface area (Å²) in [5.41, 5.74) is -0.846. The first-order valence-corrected chi connectivity index (χ1v) is 9.14. The van der Waals surface area contributed by atoms with Crippen LogP contribution in [0.1, 0.15) is 79.6 Å². The van der Waals surface area contributed by atoms with E-state index in [2.05, 4.69) is 34.6 Å². The Hall–Kier alpha value is -0.160. The van der Waals surface area contributed by atoms with Crippen molar-refractivity contribution in [1.29, 1.82) is 0 Å². The van der Waals surface area contributed by atoms with Crippen LogP contribution in [-0.4, -0.2) is 34.1 Å². The molecule has 4 heteroatoms. The molecule has 1 aliphatic carbocycles. The summed E-state index contributed by atoms with van der Waals surface area (Å²) >= 11 is 0. The highest BCUT2D eigenvalue weighted by molar-refractivity contribution is 5.09. The lowest BCUT2D eigenvalue weighted by atomic mass is 9.67. The van der Waals surface area contributed by atoms with Crippen molar-refractivity contribution in [3.05, 3.63) is 0 Å². The summed E-state index contributed by atoms with van der Waals surface area (Å²) in [4.78, 5) is 0. The van der Waals surface area contributed by atoms with Gasteiger partial charge >= 0.3 is 0 Å². The fourth-order valence-electron chi connectivity index (χ4n) is 4.90. The third-order valence-electron chi connectivity index (χ3n) is 7.00. The van der Waals surface area contributed by atoms with Gasteiger partial charge in [0.05, 0.1) is 23.3 Å². The van der Waals surface area contributed by atoms with Crippen LogP contribution in [0.2, 0.25) is 0 Å². The van der Waals surface area contributed by atoms with Crippen LogP contribution < -0.4 is 0 Å². The highest BCUT2D eigenvalue weighted by Crippen LogP contribution is 2.55. The molecule has 0 aromatic rings. The number of hydroxylamine groups is 2. The zero-order chi connectivity index (χ0) is 16.2. The Morgan fingerprint density at radius 2 is 1.59 bits per heavy atom. The fourth-order valence-corrected chi connectivity index (χ4v) is 4.90. The highest BCUT2D eigenvalue weighted by Gasteiger charge is 2.65. The number of rotatable bonds is 2. The van der Waals surface area contributed by atoms with E-state index < -0.39 is 16.9 Å². The largest absolute Gasteiger partial charge is 0.344 e. The Labute approximate surface area is 135 Å². The molecule has 22 heavy (non-hydrogen) atoms. The molecule has 1 saturated carbocycles. The monoisotopic (exact) mass is 310 g/mol. The molecule has 0 amide bonds.